The maximum Gasteiger partial charge on any atom is 0.231 e. The normalized spacial score (nSPS) is 17.8. The maximum atomic E-state index is 12.4. The highest BCUT2D eigenvalue weighted by atomic mass is 16.2. The molecule has 2 rings (SSSR count). The van der Waals surface area contributed by atoms with Crippen LogP contribution in [0.4, 0.5) is 0 Å². The first kappa shape index (κ1) is 17.4. The Kier molecular flexibility index (Phi) is 6.09. The number of carbonyl (C=O) groups is 2. The Hall–Kier alpha value is -1.96. The standard InChI is InChI=1S/C15H26N6O2/c1-3-6-21-14(17-10-18-21)11(2)19-15(23)12-4-7-20(8-5-12)9-13(16)22/h10-12H,3-9H2,1-2H3,(H2,16,22)(H,19,23)/t11-/m0/s1. The molecule has 0 unspecified atom stereocenters. The van der Waals surface area contributed by atoms with Crippen LogP contribution in [0.1, 0.15) is 45.0 Å². The fraction of sp³-hybridized carbons (Fsp3) is 0.733. The van der Waals surface area contributed by atoms with Gasteiger partial charge in [0.2, 0.25) is 11.8 Å². The number of primary amides is 1. The van der Waals surface area contributed by atoms with Gasteiger partial charge in [0.15, 0.2) is 0 Å². The number of aryl methyl sites for hydroxylation is 1. The number of likely N-dealkylation sites (tertiary alicyclic amines) is 1. The molecule has 0 saturated carbocycles. The van der Waals surface area contributed by atoms with Crippen LogP contribution < -0.4 is 11.1 Å². The molecule has 2 heterocycles. The molecule has 3 N–H and O–H groups in total. The van der Waals surface area contributed by atoms with Gasteiger partial charge in [0, 0.05) is 12.5 Å². The Bertz CT molecular complexity index is 536. The molecule has 1 atom stereocenters. The Labute approximate surface area is 136 Å². The number of piperidine rings is 1. The Balaban J connectivity index is 1.85. The van der Waals surface area contributed by atoms with Gasteiger partial charge in [-0.3, -0.25) is 14.5 Å². The second-order valence-electron chi connectivity index (χ2n) is 6.09. The molecule has 128 valence electrons. The summed E-state index contributed by atoms with van der Waals surface area (Å²) < 4.78 is 1.83. The van der Waals surface area contributed by atoms with Gasteiger partial charge in [0.05, 0.1) is 12.6 Å². The van der Waals surface area contributed by atoms with Gasteiger partial charge in [-0.05, 0) is 39.3 Å². The monoisotopic (exact) mass is 322 g/mol. The van der Waals surface area contributed by atoms with Gasteiger partial charge >= 0.3 is 0 Å². The van der Waals surface area contributed by atoms with Gasteiger partial charge in [-0.1, -0.05) is 6.92 Å². The van der Waals surface area contributed by atoms with E-state index in [1.165, 1.54) is 6.33 Å². The highest BCUT2D eigenvalue weighted by Crippen LogP contribution is 2.19. The smallest absolute Gasteiger partial charge is 0.231 e. The number of carbonyl (C=O) groups excluding carboxylic acids is 2. The van der Waals surface area contributed by atoms with Crippen LogP contribution in [0, 0.1) is 5.92 Å². The molecule has 1 saturated heterocycles. The number of hydrogen-bond donors (Lipinski definition) is 2. The van der Waals surface area contributed by atoms with E-state index in [2.05, 4.69) is 22.3 Å². The largest absolute Gasteiger partial charge is 0.369 e. The quantitative estimate of drug-likeness (QED) is 0.738. The zero-order valence-corrected chi connectivity index (χ0v) is 13.9. The summed E-state index contributed by atoms with van der Waals surface area (Å²) in [7, 11) is 0. The molecule has 1 aromatic rings. The third-order valence-corrected chi connectivity index (χ3v) is 4.16. The average Bonchev–Trinajstić information content (AvgIpc) is 2.96. The molecule has 0 aromatic carbocycles. The van der Waals surface area contributed by atoms with Gasteiger partial charge in [0.1, 0.15) is 12.2 Å². The Morgan fingerprint density at radius 2 is 2.13 bits per heavy atom. The van der Waals surface area contributed by atoms with Crippen molar-refractivity contribution in [3.05, 3.63) is 12.2 Å². The fourth-order valence-electron chi connectivity index (χ4n) is 2.96. The molecule has 0 bridgehead atoms. The van der Waals surface area contributed by atoms with Crippen molar-refractivity contribution >= 4 is 11.8 Å². The molecule has 1 aliphatic heterocycles. The molecule has 1 aromatic heterocycles. The fourth-order valence-corrected chi connectivity index (χ4v) is 2.96. The molecular weight excluding hydrogens is 296 g/mol. The van der Waals surface area contributed by atoms with E-state index >= 15 is 0 Å². The predicted octanol–water partition coefficient (Wildman–Crippen LogP) is 0.0626. The van der Waals surface area contributed by atoms with E-state index in [0.29, 0.717) is 0 Å². The molecule has 1 fully saturated rings. The predicted molar refractivity (Wildman–Crippen MR) is 85.2 cm³/mol. The summed E-state index contributed by atoms with van der Waals surface area (Å²) in [5.41, 5.74) is 5.20. The van der Waals surface area contributed by atoms with Crippen LogP contribution in [0.5, 0.6) is 0 Å². The van der Waals surface area contributed by atoms with Crippen LogP contribution in [-0.4, -0.2) is 51.1 Å². The Morgan fingerprint density at radius 1 is 1.43 bits per heavy atom. The first-order valence-electron chi connectivity index (χ1n) is 8.20. The number of nitrogens with zero attached hydrogens (tertiary/aromatic N) is 4. The second-order valence-corrected chi connectivity index (χ2v) is 6.09. The minimum Gasteiger partial charge on any atom is -0.369 e. The maximum absolute atomic E-state index is 12.4. The van der Waals surface area contributed by atoms with E-state index in [9.17, 15) is 9.59 Å². The van der Waals surface area contributed by atoms with Crippen LogP contribution in [0.25, 0.3) is 0 Å². The summed E-state index contributed by atoms with van der Waals surface area (Å²) in [5.74, 6) is 0.481. The highest BCUT2D eigenvalue weighted by molar-refractivity contribution is 5.79. The van der Waals surface area contributed by atoms with Gasteiger partial charge in [-0.25, -0.2) is 9.67 Å². The zero-order chi connectivity index (χ0) is 16.8. The molecular formula is C15H26N6O2. The first-order chi connectivity index (χ1) is 11.0. The molecule has 23 heavy (non-hydrogen) atoms. The lowest BCUT2D eigenvalue weighted by Gasteiger charge is -2.30. The minimum atomic E-state index is -0.322. The third-order valence-electron chi connectivity index (χ3n) is 4.16. The summed E-state index contributed by atoms with van der Waals surface area (Å²) in [5, 5.41) is 7.22. The minimum absolute atomic E-state index is 0.0240. The van der Waals surface area contributed by atoms with Crippen LogP contribution >= 0.6 is 0 Å². The molecule has 0 spiro atoms. The van der Waals surface area contributed by atoms with Gasteiger partial charge < -0.3 is 11.1 Å². The van der Waals surface area contributed by atoms with Crippen molar-refractivity contribution in [2.75, 3.05) is 19.6 Å². The topological polar surface area (TPSA) is 106 Å². The molecule has 2 amide bonds. The SMILES string of the molecule is CCCn1ncnc1[C@H](C)NC(=O)C1CCN(CC(N)=O)CC1. The third kappa shape index (κ3) is 4.75. The number of hydrogen-bond acceptors (Lipinski definition) is 5. The highest BCUT2D eigenvalue weighted by Gasteiger charge is 2.27. The van der Waals surface area contributed by atoms with E-state index in [1.807, 2.05) is 16.5 Å². The lowest BCUT2D eigenvalue weighted by atomic mass is 9.95. The van der Waals surface area contributed by atoms with Crippen LogP contribution in [0.3, 0.4) is 0 Å². The summed E-state index contributed by atoms with van der Waals surface area (Å²) in [6, 6.07) is -0.166. The van der Waals surface area contributed by atoms with E-state index in [4.69, 9.17) is 5.73 Å². The van der Waals surface area contributed by atoms with E-state index in [0.717, 1.165) is 44.7 Å². The molecule has 8 nitrogen and oxygen atoms in total. The number of nitrogens with two attached hydrogens (primary N) is 1. The lowest BCUT2D eigenvalue weighted by Crippen LogP contribution is -2.44. The van der Waals surface area contributed by atoms with E-state index in [1.54, 1.807) is 0 Å². The van der Waals surface area contributed by atoms with E-state index in [-0.39, 0.29) is 30.3 Å². The summed E-state index contributed by atoms with van der Waals surface area (Å²) in [4.78, 5) is 29.6. The van der Waals surface area contributed by atoms with Crippen molar-refractivity contribution in [1.82, 2.24) is 25.0 Å². The van der Waals surface area contributed by atoms with Crippen molar-refractivity contribution in [2.45, 2.75) is 45.7 Å². The number of amides is 2. The van der Waals surface area contributed by atoms with Crippen LogP contribution in [-0.2, 0) is 16.1 Å². The lowest BCUT2D eigenvalue weighted by molar-refractivity contribution is -0.127. The molecule has 8 heteroatoms. The van der Waals surface area contributed by atoms with Gasteiger partial charge in [0.25, 0.3) is 0 Å². The van der Waals surface area contributed by atoms with Gasteiger partial charge in [-0.2, -0.15) is 5.10 Å². The molecule has 0 aliphatic carbocycles. The first-order valence-corrected chi connectivity index (χ1v) is 8.20. The second kappa shape index (κ2) is 8.05. The van der Waals surface area contributed by atoms with E-state index < -0.39 is 0 Å². The Morgan fingerprint density at radius 3 is 2.74 bits per heavy atom. The summed E-state index contributed by atoms with van der Waals surface area (Å²) in [6.07, 6.45) is 3.98. The molecule has 1 aliphatic rings. The number of aromatic nitrogens is 3. The van der Waals surface area contributed by atoms with Crippen molar-refractivity contribution in [1.29, 1.82) is 0 Å². The van der Waals surface area contributed by atoms with Crippen LogP contribution in [0.15, 0.2) is 6.33 Å². The average molecular weight is 322 g/mol. The summed E-state index contributed by atoms with van der Waals surface area (Å²) >= 11 is 0. The van der Waals surface area contributed by atoms with Crippen molar-refractivity contribution in [2.24, 2.45) is 11.7 Å². The zero-order valence-electron chi connectivity index (χ0n) is 13.9. The van der Waals surface area contributed by atoms with Gasteiger partial charge in [-0.15, -0.1) is 0 Å². The number of nitrogens with one attached hydrogen (secondary N) is 1. The number of rotatable bonds is 7. The van der Waals surface area contributed by atoms with Crippen molar-refractivity contribution < 1.29 is 9.59 Å². The molecule has 0 radical (unpaired) electrons. The van der Waals surface area contributed by atoms with Crippen molar-refractivity contribution in [3.63, 3.8) is 0 Å². The summed E-state index contributed by atoms with van der Waals surface area (Å²) in [6.45, 7) is 6.51. The van der Waals surface area contributed by atoms with Crippen LogP contribution in [0.2, 0.25) is 0 Å². The van der Waals surface area contributed by atoms with Crippen molar-refractivity contribution in [3.8, 4) is 0 Å².